The van der Waals surface area contributed by atoms with E-state index in [2.05, 4.69) is 5.32 Å². The summed E-state index contributed by atoms with van der Waals surface area (Å²) >= 11 is 1.54. The molecule has 134 valence electrons. The first-order valence-corrected chi connectivity index (χ1v) is 9.44. The van der Waals surface area contributed by atoms with Gasteiger partial charge in [0, 0.05) is 22.2 Å². The molecule has 4 aromatic rings. The van der Waals surface area contributed by atoms with Crippen LogP contribution in [0.5, 0.6) is 0 Å². The first-order chi connectivity index (χ1) is 13.1. The van der Waals surface area contributed by atoms with Gasteiger partial charge in [0.05, 0.1) is 11.8 Å². The van der Waals surface area contributed by atoms with E-state index in [1.807, 2.05) is 48.7 Å². The maximum atomic E-state index is 12.6. The minimum Gasteiger partial charge on any atom is -0.456 e. The van der Waals surface area contributed by atoms with Crippen LogP contribution in [0.15, 0.2) is 75.3 Å². The zero-order chi connectivity index (χ0) is 18.8. The second kappa shape index (κ2) is 7.21. The monoisotopic (exact) mass is 375 g/mol. The standard InChI is InChI=1S/C22H17NO3S/c1-14-4-6-15(7-5-14)21-13-19(24)18-11-16(8-9-20(18)26-21)23-22(25)12-17-3-2-10-27-17/h2-11,13H,12H2,1H3,(H,23,25). The predicted octanol–water partition coefficient (Wildman–Crippen LogP) is 5.01. The van der Waals surface area contributed by atoms with Crippen LogP contribution in [0.1, 0.15) is 10.4 Å². The van der Waals surface area contributed by atoms with Crippen LogP contribution in [0.3, 0.4) is 0 Å². The van der Waals surface area contributed by atoms with Gasteiger partial charge in [-0.2, -0.15) is 0 Å². The molecule has 0 radical (unpaired) electrons. The quantitative estimate of drug-likeness (QED) is 0.545. The molecular formula is C22H17NO3S. The molecule has 0 fully saturated rings. The van der Waals surface area contributed by atoms with Crippen molar-refractivity contribution < 1.29 is 9.21 Å². The number of aryl methyl sites for hydroxylation is 1. The Balaban J connectivity index is 1.62. The highest BCUT2D eigenvalue weighted by Crippen LogP contribution is 2.24. The van der Waals surface area contributed by atoms with Crippen molar-refractivity contribution in [1.29, 1.82) is 0 Å². The molecule has 2 aromatic heterocycles. The summed E-state index contributed by atoms with van der Waals surface area (Å²) in [5.41, 5.74) is 2.94. The van der Waals surface area contributed by atoms with Crippen molar-refractivity contribution in [2.24, 2.45) is 0 Å². The van der Waals surface area contributed by atoms with Crippen molar-refractivity contribution in [3.05, 3.63) is 86.7 Å². The van der Waals surface area contributed by atoms with Crippen LogP contribution in [-0.2, 0) is 11.2 Å². The van der Waals surface area contributed by atoms with Crippen LogP contribution in [-0.4, -0.2) is 5.91 Å². The number of carbonyl (C=O) groups is 1. The van der Waals surface area contributed by atoms with Crippen LogP contribution < -0.4 is 10.7 Å². The average Bonchev–Trinajstić information content (AvgIpc) is 3.15. The molecule has 0 aliphatic rings. The number of rotatable bonds is 4. The fraction of sp³-hybridized carbons (Fsp3) is 0.0909. The van der Waals surface area contributed by atoms with Gasteiger partial charge in [-0.15, -0.1) is 11.3 Å². The third kappa shape index (κ3) is 3.83. The van der Waals surface area contributed by atoms with E-state index in [0.717, 1.165) is 16.0 Å². The third-order valence-electron chi connectivity index (χ3n) is 4.26. The minimum atomic E-state index is -0.138. The predicted molar refractivity (Wildman–Crippen MR) is 109 cm³/mol. The molecule has 1 amide bonds. The van der Waals surface area contributed by atoms with Crippen LogP contribution in [0.25, 0.3) is 22.3 Å². The summed E-state index contributed by atoms with van der Waals surface area (Å²) in [6.45, 7) is 2.01. The number of hydrogen-bond donors (Lipinski definition) is 1. The summed E-state index contributed by atoms with van der Waals surface area (Å²) < 4.78 is 5.90. The lowest BCUT2D eigenvalue weighted by atomic mass is 10.1. The number of benzene rings is 2. The van der Waals surface area contributed by atoms with E-state index in [-0.39, 0.29) is 11.3 Å². The smallest absolute Gasteiger partial charge is 0.229 e. The molecule has 0 aliphatic heterocycles. The number of anilines is 1. The molecule has 0 unspecified atom stereocenters. The van der Waals surface area contributed by atoms with Crippen molar-refractivity contribution >= 4 is 33.9 Å². The highest BCUT2D eigenvalue weighted by Gasteiger charge is 2.10. The molecule has 0 aliphatic carbocycles. The first-order valence-electron chi connectivity index (χ1n) is 8.56. The van der Waals surface area contributed by atoms with E-state index in [9.17, 15) is 9.59 Å². The van der Waals surface area contributed by atoms with E-state index >= 15 is 0 Å². The topological polar surface area (TPSA) is 59.3 Å². The number of nitrogens with one attached hydrogen (secondary N) is 1. The van der Waals surface area contributed by atoms with Gasteiger partial charge in [-0.05, 0) is 36.6 Å². The lowest BCUT2D eigenvalue weighted by molar-refractivity contribution is -0.115. The molecule has 0 bridgehead atoms. The molecule has 0 atom stereocenters. The Morgan fingerprint density at radius 1 is 1.07 bits per heavy atom. The Bertz CT molecular complexity index is 1160. The van der Waals surface area contributed by atoms with Crippen molar-refractivity contribution in [3.63, 3.8) is 0 Å². The second-order valence-electron chi connectivity index (χ2n) is 6.36. The zero-order valence-electron chi connectivity index (χ0n) is 14.7. The molecule has 4 rings (SSSR count). The lowest BCUT2D eigenvalue weighted by Crippen LogP contribution is -2.14. The van der Waals surface area contributed by atoms with Crippen LogP contribution in [0.4, 0.5) is 5.69 Å². The number of amides is 1. The van der Waals surface area contributed by atoms with Gasteiger partial charge in [0.1, 0.15) is 11.3 Å². The van der Waals surface area contributed by atoms with Crippen molar-refractivity contribution in [2.45, 2.75) is 13.3 Å². The number of carbonyl (C=O) groups excluding carboxylic acids is 1. The second-order valence-corrected chi connectivity index (χ2v) is 7.39. The third-order valence-corrected chi connectivity index (χ3v) is 5.14. The highest BCUT2D eigenvalue weighted by atomic mass is 32.1. The normalized spacial score (nSPS) is 10.9. The highest BCUT2D eigenvalue weighted by molar-refractivity contribution is 7.10. The maximum Gasteiger partial charge on any atom is 0.229 e. The SMILES string of the molecule is Cc1ccc(-c2cc(=O)c3cc(NC(=O)Cc4cccs4)ccc3o2)cc1. The Morgan fingerprint density at radius 3 is 2.63 bits per heavy atom. The Morgan fingerprint density at radius 2 is 1.89 bits per heavy atom. The molecule has 2 heterocycles. The first kappa shape index (κ1) is 17.2. The van der Waals surface area contributed by atoms with Crippen LogP contribution in [0, 0.1) is 6.92 Å². The summed E-state index contributed by atoms with van der Waals surface area (Å²) in [5.74, 6) is 0.416. The van der Waals surface area contributed by atoms with E-state index in [0.29, 0.717) is 28.8 Å². The van der Waals surface area contributed by atoms with Gasteiger partial charge in [-0.1, -0.05) is 35.9 Å². The van der Waals surface area contributed by atoms with E-state index in [4.69, 9.17) is 4.42 Å². The maximum absolute atomic E-state index is 12.6. The van der Waals surface area contributed by atoms with E-state index < -0.39 is 0 Å². The Kier molecular flexibility index (Phi) is 4.60. The summed E-state index contributed by atoms with van der Waals surface area (Å²) in [5, 5.41) is 5.22. The molecular weight excluding hydrogens is 358 g/mol. The average molecular weight is 375 g/mol. The summed E-state index contributed by atoms with van der Waals surface area (Å²) in [4.78, 5) is 25.7. The van der Waals surface area contributed by atoms with Gasteiger partial charge in [-0.25, -0.2) is 0 Å². The van der Waals surface area contributed by atoms with E-state index in [1.54, 1.807) is 29.5 Å². The van der Waals surface area contributed by atoms with Crippen LogP contribution >= 0.6 is 11.3 Å². The Hall–Kier alpha value is -3.18. The fourth-order valence-electron chi connectivity index (χ4n) is 2.87. The molecule has 0 spiro atoms. The van der Waals surface area contributed by atoms with Gasteiger partial charge in [-0.3, -0.25) is 9.59 Å². The number of fused-ring (bicyclic) bond motifs is 1. The van der Waals surface area contributed by atoms with Gasteiger partial charge in [0.2, 0.25) is 5.91 Å². The lowest BCUT2D eigenvalue weighted by Gasteiger charge is -2.07. The van der Waals surface area contributed by atoms with Gasteiger partial charge in [0.15, 0.2) is 5.43 Å². The van der Waals surface area contributed by atoms with Crippen LogP contribution in [0.2, 0.25) is 0 Å². The van der Waals surface area contributed by atoms with E-state index in [1.165, 1.54) is 6.07 Å². The van der Waals surface area contributed by atoms with Crippen molar-refractivity contribution in [3.8, 4) is 11.3 Å². The number of hydrogen-bond acceptors (Lipinski definition) is 4. The van der Waals surface area contributed by atoms with Gasteiger partial charge in [0.25, 0.3) is 0 Å². The molecule has 2 aromatic carbocycles. The van der Waals surface area contributed by atoms with Crippen molar-refractivity contribution in [2.75, 3.05) is 5.32 Å². The Labute approximate surface area is 160 Å². The molecule has 4 nitrogen and oxygen atoms in total. The molecule has 0 saturated heterocycles. The zero-order valence-corrected chi connectivity index (χ0v) is 15.5. The van der Waals surface area contributed by atoms with Gasteiger partial charge < -0.3 is 9.73 Å². The minimum absolute atomic E-state index is 0.113. The summed E-state index contributed by atoms with van der Waals surface area (Å²) in [6, 6.07) is 18.3. The molecule has 27 heavy (non-hydrogen) atoms. The fourth-order valence-corrected chi connectivity index (χ4v) is 3.57. The molecule has 0 saturated carbocycles. The number of thiophene rings is 1. The van der Waals surface area contributed by atoms with Crippen molar-refractivity contribution in [1.82, 2.24) is 0 Å². The molecule has 5 heteroatoms. The molecule has 1 N–H and O–H groups in total. The van der Waals surface area contributed by atoms with Gasteiger partial charge >= 0.3 is 0 Å². The summed E-state index contributed by atoms with van der Waals surface area (Å²) in [7, 11) is 0. The summed E-state index contributed by atoms with van der Waals surface area (Å²) in [6.07, 6.45) is 0.316. The largest absolute Gasteiger partial charge is 0.456 e.